The lowest BCUT2D eigenvalue weighted by Crippen LogP contribution is -1.94. The Balaban J connectivity index is 1.66. The van der Waals surface area contributed by atoms with Crippen molar-refractivity contribution in [3.63, 3.8) is 0 Å². The van der Waals surface area contributed by atoms with Crippen LogP contribution in [0.2, 0.25) is 0 Å². The summed E-state index contributed by atoms with van der Waals surface area (Å²) < 4.78 is 0. The quantitative estimate of drug-likeness (QED) is 0.646. The van der Waals surface area contributed by atoms with Gasteiger partial charge in [-0.1, -0.05) is 30.3 Å². The predicted octanol–water partition coefficient (Wildman–Crippen LogP) is 4.74. The Morgan fingerprint density at radius 2 is 1.78 bits per heavy atom. The van der Waals surface area contributed by atoms with E-state index in [2.05, 4.69) is 36.2 Å². The normalized spacial score (nSPS) is 11.0. The first-order chi connectivity index (χ1) is 11.1. The highest BCUT2D eigenvalue weighted by atomic mass is 16.4. The molecule has 1 heterocycles. The number of H-pyrrole nitrogens is 1. The van der Waals surface area contributed by atoms with Gasteiger partial charge in [0.25, 0.3) is 0 Å². The highest BCUT2D eigenvalue weighted by molar-refractivity contribution is 5.95. The summed E-state index contributed by atoms with van der Waals surface area (Å²) in [4.78, 5) is 14.5. The van der Waals surface area contributed by atoms with Crippen molar-refractivity contribution in [3.05, 3.63) is 70.9 Å². The second-order valence-corrected chi connectivity index (χ2v) is 5.99. The molecule has 0 saturated carbocycles. The zero-order valence-electron chi connectivity index (χ0n) is 13.3. The average Bonchev–Trinajstić information content (AvgIpc) is 2.88. The summed E-state index contributed by atoms with van der Waals surface area (Å²) in [5, 5.41) is 10.1. The molecule has 3 heteroatoms. The van der Waals surface area contributed by atoms with Crippen molar-refractivity contribution < 1.29 is 9.90 Å². The van der Waals surface area contributed by atoms with Gasteiger partial charge in [0.2, 0.25) is 0 Å². The van der Waals surface area contributed by atoms with Gasteiger partial charge in [0.15, 0.2) is 0 Å². The summed E-state index contributed by atoms with van der Waals surface area (Å²) in [6, 6.07) is 15.8. The minimum Gasteiger partial charge on any atom is -0.478 e. The van der Waals surface area contributed by atoms with Gasteiger partial charge in [-0.05, 0) is 61.9 Å². The minimum atomic E-state index is -0.878. The van der Waals surface area contributed by atoms with Gasteiger partial charge < -0.3 is 10.1 Å². The Labute approximate surface area is 136 Å². The van der Waals surface area contributed by atoms with Gasteiger partial charge in [0.1, 0.15) is 0 Å². The molecular formula is C20H21NO2. The second-order valence-electron chi connectivity index (χ2n) is 5.99. The number of benzene rings is 2. The summed E-state index contributed by atoms with van der Waals surface area (Å²) >= 11 is 0. The number of aromatic nitrogens is 1. The molecule has 0 atom stereocenters. The predicted molar refractivity (Wildman–Crippen MR) is 93.1 cm³/mol. The van der Waals surface area contributed by atoms with Crippen LogP contribution >= 0.6 is 0 Å². The average molecular weight is 307 g/mol. The van der Waals surface area contributed by atoms with Gasteiger partial charge in [-0.15, -0.1) is 0 Å². The number of carbonyl (C=O) groups is 1. The van der Waals surface area contributed by atoms with E-state index in [4.69, 9.17) is 5.11 Å². The Bertz CT molecular complexity index is 818. The third kappa shape index (κ3) is 3.45. The van der Waals surface area contributed by atoms with Crippen molar-refractivity contribution in [1.29, 1.82) is 0 Å². The van der Waals surface area contributed by atoms with Gasteiger partial charge >= 0.3 is 5.97 Å². The molecule has 0 aliphatic heterocycles. The molecule has 3 nitrogen and oxygen atoms in total. The maximum atomic E-state index is 11.1. The lowest BCUT2D eigenvalue weighted by Gasteiger charge is -2.02. The highest BCUT2D eigenvalue weighted by Crippen LogP contribution is 2.24. The van der Waals surface area contributed by atoms with Crippen molar-refractivity contribution in [1.82, 2.24) is 4.98 Å². The van der Waals surface area contributed by atoms with Gasteiger partial charge in [-0.3, -0.25) is 0 Å². The fourth-order valence-corrected chi connectivity index (χ4v) is 3.04. The number of aromatic amines is 1. The topological polar surface area (TPSA) is 53.1 Å². The molecule has 3 aromatic rings. The molecule has 0 fully saturated rings. The molecular weight excluding hydrogens is 286 g/mol. The van der Waals surface area contributed by atoms with Crippen molar-refractivity contribution in [2.45, 2.75) is 32.6 Å². The second kappa shape index (κ2) is 6.69. The van der Waals surface area contributed by atoms with Crippen molar-refractivity contribution in [3.8, 4) is 0 Å². The molecule has 3 rings (SSSR count). The zero-order chi connectivity index (χ0) is 16.2. The number of fused-ring (bicyclic) bond motifs is 1. The van der Waals surface area contributed by atoms with Crippen molar-refractivity contribution in [2.24, 2.45) is 0 Å². The van der Waals surface area contributed by atoms with Crippen LogP contribution in [0, 0.1) is 6.92 Å². The summed E-state index contributed by atoms with van der Waals surface area (Å²) in [6.07, 6.45) is 4.37. The van der Waals surface area contributed by atoms with Crippen LogP contribution in [-0.2, 0) is 12.8 Å². The standard InChI is InChI=1S/C20H21NO2/c1-14-17-13-16(20(22)23)11-12-19(17)21-18(14)10-6-5-9-15-7-3-2-4-8-15/h2-4,7-8,11-13,21H,5-6,9-10H2,1H3,(H,22,23). The molecule has 0 spiro atoms. The first kappa shape index (κ1) is 15.3. The van der Waals surface area contributed by atoms with Crippen LogP contribution in [0.25, 0.3) is 10.9 Å². The van der Waals surface area contributed by atoms with E-state index in [0.717, 1.165) is 36.6 Å². The van der Waals surface area contributed by atoms with Crippen LogP contribution in [0.3, 0.4) is 0 Å². The molecule has 0 aliphatic rings. The van der Waals surface area contributed by atoms with Crippen molar-refractivity contribution >= 4 is 16.9 Å². The summed E-state index contributed by atoms with van der Waals surface area (Å²) in [5.74, 6) is -0.878. The molecule has 0 amide bonds. The fraction of sp³-hybridized carbons (Fsp3) is 0.250. The number of nitrogens with one attached hydrogen (secondary N) is 1. The van der Waals surface area contributed by atoms with Crippen LogP contribution in [0.4, 0.5) is 0 Å². The van der Waals surface area contributed by atoms with Gasteiger partial charge in [0, 0.05) is 16.6 Å². The van der Waals surface area contributed by atoms with E-state index < -0.39 is 5.97 Å². The molecule has 23 heavy (non-hydrogen) atoms. The third-order valence-electron chi connectivity index (χ3n) is 4.39. The van der Waals surface area contributed by atoms with Crippen molar-refractivity contribution in [2.75, 3.05) is 0 Å². The van der Waals surface area contributed by atoms with Crippen LogP contribution in [0.5, 0.6) is 0 Å². The lowest BCUT2D eigenvalue weighted by atomic mass is 10.0. The van der Waals surface area contributed by atoms with E-state index in [1.807, 2.05) is 12.1 Å². The SMILES string of the molecule is Cc1c(CCCCc2ccccc2)[nH]c2ccc(C(=O)O)cc12. The number of carboxylic acids is 1. The maximum absolute atomic E-state index is 11.1. The first-order valence-corrected chi connectivity index (χ1v) is 8.03. The van der Waals surface area contributed by atoms with E-state index in [9.17, 15) is 4.79 Å². The Morgan fingerprint density at radius 1 is 1.04 bits per heavy atom. The summed E-state index contributed by atoms with van der Waals surface area (Å²) in [5.41, 5.74) is 5.13. The minimum absolute atomic E-state index is 0.343. The number of unbranched alkanes of at least 4 members (excludes halogenated alkanes) is 1. The smallest absolute Gasteiger partial charge is 0.335 e. The van der Waals surface area contributed by atoms with E-state index in [-0.39, 0.29) is 0 Å². The molecule has 0 bridgehead atoms. The number of aryl methyl sites for hydroxylation is 3. The van der Waals surface area contributed by atoms with Gasteiger partial charge in [-0.25, -0.2) is 4.79 Å². The number of hydrogen-bond donors (Lipinski definition) is 2. The molecule has 1 aromatic heterocycles. The molecule has 118 valence electrons. The third-order valence-corrected chi connectivity index (χ3v) is 4.39. The number of hydrogen-bond acceptors (Lipinski definition) is 1. The highest BCUT2D eigenvalue weighted by Gasteiger charge is 2.10. The van der Waals surface area contributed by atoms with Gasteiger partial charge in [0.05, 0.1) is 5.56 Å². The van der Waals surface area contributed by atoms with E-state index in [1.54, 1.807) is 12.1 Å². The zero-order valence-corrected chi connectivity index (χ0v) is 13.3. The molecule has 0 aliphatic carbocycles. The number of carboxylic acid groups (broad SMARTS) is 1. The summed E-state index contributed by atoms with van der Waals surface area (Å²) in [7, 11) is 0. The molecule has 0 radical (unpaired) electrons. The molecule has 0 saturated heterocycles. The largest absolute Gasteiger partial charge is 0.478 e. The Hall–Kier alpha value is -2.55. The maximum Gasteiger partial charge on any atom is 0.335 e. The first-order valence-electron chi connectivity index (χ1n) is 8.03. The van der Waals surface area contributed by atoms with Crippen LogP contribution < -0.4 is 0 Å². The molecule has 2 N–H and O–H groups in total. The van der Waals surface area contributed by atoms with Crippen LogP contribution in [0.15, 0.2) is 48.5 Å². The molecule has 2 aromatic carbocycles. The van der Waals surface area contributed by atoms with E-state index >= 15 is 0 Å². The van der Waals surface area contributed by atoms with E-state index in [1.165, 1.54) is 16.8 Å². The lowest BCUT2D eigenvalue weighted by molar-refractivity contribution is 0.0697. The van der Waals surface area contributed by atoms with Gasteiger partial charge in [-0.2, -0.15) is 0 Å². The number of aromatic carboxylic acids is 1. The number of rotatable bonds is 6. The molecule has 0 unspecified atom stereocenters. The monoisotopic (exact) mass is 307 g/mol. The van der Waals surface area contributed by atoms with Crippen LogP contribution in [0.1, 0.15) is 40.0 Å². The summed E-state index contributed by atoms with van der Waals surface area (Å²) in [6.45, 7) is 2.07. The van der Waals surface area contributed by atoms with E-state index in [0.29, 0.717) is 5.56 Å². The Morgan fingerprint density at radius 3 is 2.52 bits per heavy atom. The Kier molecular flexibility index (Phi) is 4.47. The van der Waals surface area contributed by atoms with Crippen LogP contribution in [-0.4, -0.2) is 16.1 Å². The fourth-order valence-electron chi connectivity index (χ4n) is 3.04.